The van der Waals surface area contributed by atoms with Crippen molar-refractivity contribution in [3.63, 3.8) is 0 Å². The van der Waals surface area contributed by atoms with E-state index in [1.807, 2.05) is 6.92 Å². The first-order valence-electron chi connectivity index (χ1n) is 6.62. The molecule has 1 aliphatic carbocycles. The highest BCUT2D eigenvalue weighted by Crippen LogP contribution is 2.40. The maximum atomic E-state index is 12.2. The van der Waals surface area contributed by atoms with Gasteiger partial charge in [0.25, 0.3) is 0 Å². The summed E-state index contributed by atoms with van der Waals surface area (Å²) in [7, 11) is 0. The Labute approximate surface area is 115 Å². The normalized spacial score (nSPS) is 26.1. The van der Waals surface area contributed by atoms with Crippen LogP contribution in [0.25, 0.3) is 0 Å². The van der Waals surface area contributed by atoms with E-state index in [-0.39, 0.29) is 30.2 Å². The number of hydrogen-bond acceptors (Lipinski definition) is 6. The van der Waals surface area contributed by atoms with Crippen LogP contribution in [0.1, 0.15) is 31.9 Å². The van der Waals surface area contributed by atoms with Crippen molar-refractivity contribution in [1.82, 2.24) is 14.5 Å². The number of nitrogens with one attached hydrogen (secondary N) is 1. The smallest absolute Gasteiger partial charge is 0.233 e. The molecular weight excluding hydrogens is 264 g/mol. The highest BCUT2D eigenvalue weighted by atomic mass is 32.1. The van der Waals surface area contributed by atoms with E-state index >= 15 is 0 Å². The molecule has 1 aliphatic heterocycles. The second-order valence-electron chi connectivity index (χ2n) is 4.99. The van der Waals surface area contributed by atoms with Gasteiger partial charge in [0.05, 0.1) is 18.4 Å². The lowest BCUT2D eigenvalue weighted by molar-refractivity contribution is -0.141. The lowest BCUT2D eigenvalue weighted by Gasteiger charge is -2.14. The molecule has 1 saturated carbocycles. The van der Waals surface area contributed by atoms with Crippen molar-refractivity contribution >= 4 is 28.3 Å². The van der Waals surface area contributed by atoms with Crippen LogP contribution < -0.4 is 5.32 Å². The molecule has 2 atom stereocenters. The van der Waals surface area contributed by atoms with E-state index in [2.05, 4.69) is 14.9 Å². The number of carbonyl (C=O) groups is 2. The summed E-state index contributed by atoms with van der Waals surface area (Å²) in [4.78, 5) is 25.8. The van der Waals surface area contributed by atoms with Gasteiger partial charge in [0.1, 0.15) is 10.7 Å². The Bertz CT molecular complexity index is 494. The van der Waals surface area contributed by atoms with E-state index < -0.39 is 0 Å². The molecule has 1 aromatic rings. The van der Waals surface area contributed by atoms with Crippen molar-refractivity contribution in [3.8, 4) is 0 Å². The Morgan fingerprint density at radius 3 is 2.63 bits per heavy atom. The summed E-state index contributed by atoms with van der Waals surface area (Å²) in [6, 6.07) is 0. The summed E-state index contributed by atoms with van der Waals surface area (Å²) in [5.41, 5.74) is 0.688. The summed E-state index contributed by atoms with van der Waals surface area (Å²) >= 11 is 1.26. The van der Waals surface area contributed by atoms with Crippen molar-refractivity contribution in [3.05, 3.63) is 5.69 Å². The van der Waals surface area contributed by atoms with Gasteiger partial charge in [0, 0.05) is 18.1 Å². The summed E-state index contributed by atoms with van der Waals surface area (Å²) in [6.07, 6.45) is 2.68. The Balaban J connectivity index is 1.78. The SMILES string of the molecule is CCNc1snnc1CN1C(=O)C2CCCC2C1=O. The molecule has 0 radical (unpaired) electrons. The van der Waals surface area contributed by atoms with Gasteiger partial charge in [-0.15, -0.1) is 5.10 Å². The molecule has 1 N–H and O–H groups in total. The van der Waals surface area contributed by atoms with Gasteiger partial charge >= 0.3 is 0 Å². The molecular formula is C12H16N4O2S. The molecule has 6 nitrogen and oxygen atoms in total. The predicted molar refractivity (Wildman–Crippen MR) is 70.5 cm³/mol. The van der Waals surface area contributed by atoms with E-state index in [0.29, 0.717) is 5.69 Å². The van der Waals surface area contributed by atoms with E-state index in [0.717, 1.165) is 30.8 Å². The highest BCUT2D eigenvalue weighted by Gasteiger charge is 2.49. The minimum atomic E-state index is -0.0818. The van der Waals surface area contributed by atoms with Crippen molar-refractivity contribution in [2.75, 3.05) is 11.9 Å². The first-order valence-corrected chi connectivity index (χ1v) is 7.40. The average Bonchev–Trinajstić information content (AvgIpc) is 3.07. The maximum Gasteiger partial charge on any atom is 0.233 e. The van der Waals surface area contributed by atoms with Crippen LogP contribution >= 0.6 is 11.5 Å². The van der Waals surface area contributed by atoms with E-state index in [1.54, 1.807) is 0 Å². The van der Waals surface area contributed by atoms with Gasteiger partial charge in [0.2, 0.25) is 11.8 Å². The van der Waals surface area contributed by atoms with Crippen LogP contribution in [0.4, 0.5) is 5.00 Å². The molecule has 2 unspecified atom stereocenters. The van der Waals surface area contributed by atoms with E-state index in [9.17, 15) is 9.59 Å². The topological polar surface area (TPSA) is 75.2 Å². The summed E-state index contributed by atoms with van der Waals surface area (Å²) in [5.74, 6) is -0.214. The number of carbonyl (C=O) groups excluding carboxylic acids is 2. The predicted octanol–water partition coefficient (Wildman–Crippen LogP) is 1.25. The van der Waals surface area contributed by atoms with Crippen LogP contribution in [-0.4, -0.2) is 32.8 Å². The minimum absolute atomic E-state index is 0.0250. The molecule has 0 bridgehead atoms. The van der Waals surface area contributed by atoms with Crippen molar-refractivity contribution in [2.45, 2.75) is 32.7 Å². The molecule has 7 heteroatoms. The Morgan fingerprint density at radius 1 is 1.32 bits per heavy atom. The highest BCUT2D eigenvalue weighted by molar-refractivity contribution is 7.10. The number of likely N-dealkylation sites (tertiary alicyclic amines) is 1. The molecule has 0 aromatic carbocycles. The summed E-state index contributed by atoms with van der Waals surface area (Å²) in [6.45, 7) is 3.01. The van der Waals surface area contributed by atoms with Gasteiger partial charge in [0.15, 0.2) is 0 Å². The fourth-order valence-corrected chi connectivity index (χ4v) is 3.61. The fourth-order valence-electron chi connectivity index (χ4n) is 2.97. The zero-order valence-corrected chi connectivity index (χ0v) is 11.6. The number of aromatic nitrogens is 2. The van der Waals surface area contributed by atoms with Crippen LogP contribution in [0.2, 0.25) is 0 Å². The van der Waals surface area contributed by atoms with Gasteiger partial charge in [-0.1, -0.05) is 10.9 Å². The molecule has 19 heavy (non-hydrogen) atoms. The van der Waals surface area contributed by atoms with Gasteiger partial charge in [-0.05, 0) is 19.8 Å². The number of fused-ring (bicyclic) bond motifs is 1. The molecule has 1 aromatic heterocycles. The van der Waals surface area contributed by atoms with Gasteiger partial charge in [-0.2, -0.15) is 0 Å². The van der Waals surface area contributed by atoms with Crippen molar-refractivity contribution in [1.29, 1.82) is 0 Å². The number of hydrogen-bond donors (Lipinski definition) is 1. The van der Waals surface area contributed by atoms with Gasteiger partial charge in [-0.3, -0.25) is 14.5 Å². The Morgan fingerprint density at radius 2 is 2.00 bits per heavy atom. The summed E-state index contributed by atoms with van der Waals surface area (Å²) < 4.78 is 3.88. The molecule has 2 amide bonds. The third-order valence-electron chi connectivity index (χ3n) is 3.88. The van der Waals surface area contributed by atoms with Gasteiger partial charge in [-0.25, -0.2) is 0 Å². The second-order valence-corrected chi connectivity index (χ2v) is 5.74. The molecule has 102 valence electrons. The molecule has 2 aliphatic rings. The van der Waals surface area contributed by atoms with Crippen LogP contribution in [0, 0.1) is 11.8 Å². The third-order valence-corrected chi connectivity index (χ3v) is 4.61. The monoisotopic (exact) mass is 280 g/mol. The maximum absolute atomic E-state index is 12.2. The van der Waals surface area contributed by atoms with Crippen LogP contribution in [0.15, 0.2) is 0 Å². The molecule has 2 heterocycles. The number of amides is 2. The molecule has 2 fully saturated rings. The first kappa shape index (κ1) is 12.5. The largest absolute Gasteiger partial charge is 0.374 e. The van der Waals surface area contributed by atoms with Crippen molar-refractivity contribution in [2.24, 2.45) is 11.8 Å². The molecule has 0 spiro atoms. The third kappa shape index (κ3) is 2.01. The summed E-state index contributed by atoms with van der Waals surface area (Å²) in [5, 5.41) is 8.02. The van der Waals surface area contributed by atoms with Gasteiger partial charge < -0.3 is 5.32 Å². The molecule has 1 saturated heterocycles. The number of anilines is 1. The average molecular weight is 280 g/mol. The fraction of sp³-hybridized carbons (Fsp3) is 0.667. The van der Waals surface area contributed by atoms with E-state index in [1.165, 1.54) is 16.4 Å². The van der Waals surface area contributed by atoms with Crippen LogP contribution in [0.5, 0.6) is 0 Å². The quantitative estimate of drug-likeness (QED) is 0.840. The minimum Gasteiger partial charge on any atom is -0.374 e. The lowest BCUT2D eigenvalue weighted by Crippen LogP contribution is -2.31. The zero-order chi connectivity index (χ0) is 13.4. The molecule has 3 rings (SSSR count). The zero-order valence-electron chi connectivity index (χ0n) is 10.8. The lowest BCUT2D eigenvalue weighted by atomic mass is 10.00. The first-order chi connectivity index (χ1) is 9.22. The Kier molecular flexibility index (Phi) is 3.22. The second kappa shape index (κ2) is 4.88. The number of rotatable bonds is 4. The van der Waals surface area contributed by atoms with Crippen LogP contribution in [0.3, 0.4) is 0 Å². The standard InChI is InChI=1S/C12H16N4O2S/c1-2-13-10-9(14-15-19-10)6-16-11(17)7-4-3-5-8(7)12(16)18/h7-8,13H,2-6H2,1H3. The van der Waals surface area contributed by atoms with Crippen LogP contribution in [-0.2, 0) is 16.1 Å². The van der Waals surface area contributed by atoms with Crippen molar-refractivity contribution < 1.29 is 9.59 Å². The number of imide groups is 1. The van der Waals surface area contributed by atoms with E-state index in [4.69, 9.17) is 0 Å². The Hall–Kier alpha value is -1.50. The number of nitrogens with zero attached hydrogens (tertiary/aromatic N) is 3.